The second kappa shape index (κ2) is 3.55. The maximum atomic E-state index is 12.8. The Morgan fingerprint density at radius 1 is 1.14 bits per heavy atom. The molecular formula is C16H13ClN2O2. The lowest BCUT2D eigenvalue weighted by atomic mass is 9.85. The van der Waals surface area contributed by atoms with Crippen molar-refractivity contribution in [2.24, 2.45) is 29.1 Å². The molecule has 5 heteroatoms. The molecule has 2 saturated carbocycles. The number of halogens is 1. The highest BCUT2D eigenvalue weighted by Gasteiger charge is 2.73. The van der Waals surface area contributed by atoms with E-state index in [2.05, 4.69) is 17.1 Å². The zero-order chi connectivity index (χ0) is 14.4. The normalized spacial score (nSPS) is 37.7. The number of pyridine rings is 1. The van der Waals surface area contributed by atoms with Gasteiger partial charge in [-0.15, -0.1) is 0 Å². The van der Waals surface area contributed by atoms with Crippen LogP contribution >= 0.6 is 11.6 Å². The van der Waals surface area contributed by atoms with Gasteiger partial charge in [-0.2, -0.15) is 0 Å². The average molecular weight is 301 g/mol. The number of amides is 2. The molecule has 1 spiro atoms. The van der Waals surface area contributed by atoms with Crippen molar-refractivity contribution in [1.29, 1.82) is 0 Å². The number of anilines is 1. The zero-order valence-electron chi connectivity index (χ0n) is 11.2. The molecule has 2 amide bonds. The van der Waals surface area contributed by atoms with Gasteiger partial charge in [0.2, 0.25) is 11.8 Å². The first-order valence-electron chi connectivity index (χ1n) is 7.31. The van der Waals surface area contributed by atoms with Crippen LogP contribution in [0.25, 0.3) is 0 Å². The quantitative estimate of drug-likeness (QED) is 0.591. The largest absolute Gasteiger partial charge is 0.274 e. The van der Waals surface area contributed by atoms with E-state index in [1.807, 2.05) is 0 Å². The first-order chi connectivity index (χ1) is 10.1. The standard InChI is InChI=1S/C16H13ClN2O2/c17-8-3-6-18-11(7-8)19-14(20)12-9-1-2-10(13(12)15(19)21)16(9)4-5-16/h1-3,6-7,9-10,12-13H,4-5H2/t9-,10+,12-,13+. The lowest BCUT2D eigenvalue weighted by molar-refractivity contribution is -0.123. The number of aromatic nitrogens is 1. The summed E-state index contributed by atoms with van der Waals surface area (Å²) in [4.78, 5) is 31.0. The molecule has 1 aromatic heterocycles. The fraction of sp³-hybridized carbons (Fsp3) is 0.438. The molecule has 21 heavy (non-hydrogen) atoms. The van der Waals surface area contributed by atoms with Gasteiger partial charge in [-0.3, -0.25) is 9.59 Å². The van der Waals surface area contributed by atoms with Gasteiger partial charge in [-0.1, -0.05) is 23.8 Å². The second-order valence-corrected chi connectivity index (χ2v) is 7.00. The summed E-state index contributed by atoms with van der Waals surface area (Å²) >= 11 is 5.96. The lowest BCUT2D eigenvalue weighted by Crippen LogP contribution is -2.35. The van der Waals surface area contributed by atoms with E-state index in [9.17, 15) is 9.59 Å². The number of fused-ring (bicyclic) bond motifs is 3. The fourth-order valence-corrected chi connectivity index (χ4v) is 4.97. The molecule has 1 aromatic rings. The summed E-state index contributed by atoms with van der Waals surface area (Å²) in [7, 11) is 0. The first-order valence-corrected chi connectivity index (χ1v) is 7.69. The summed E-state index contributed by atoms with van der Waals surface area (Å²) in [5, 5.41) is 0.484. The summed E-state index contributed by atoms with van der Waals surface area (Å²) in [5.41, 5.74) is 0.231. The molecule has 2 bridgehead atoms. The van der Waals surface area contributed by atoms with Crippen molar-refractivity contribution in [3.05, 3.63) is 35.5 Å². The van der Waals surface area contributed by atoms with E-state index in [1.54, 1.807) is 12.1 Å². The van der Waals surface area contributed by atoms with Crippen LogP contribution < -0.4 is 4.90 Å². The zero-order valence-corrected chi connectivity index (χ0v) is 12.0. The third-order valence-corrected chi connectivity index (χ3v) is 6.02. The Hall–Kier alpha value is -1.68. The van der Waals surface area contributed by atoms with E-state index in [-0.39, 0.29) is 40.9 Å². The topological polar surface area (TPSA) is 50.3 Å². The molecule has 0 radical (unpaired) electrons. The molecule has 0 N–H and O–H groups in total. The van der Waals surface area contributed by atoms with Crippen LogP contribution in [0.5, 0.6) is 0 Å². The van der Waals surface area contributed by atoms with Gasteiger partial charge in [0.15, 0.2) is 0 Å². The number of rotatable bonds is 1. The molecule has 106 valence electrons. The van der Waals surface area contributed by atoms with Crippen molar-refractivity contribution in [1.82, 2.24) is 4.98 Å². The lowest BCUT2D eigenvalue weighted by Gasteiger charge is -2.21. The molecule has 4 atom stereocenters. The third kappa shape index (κ3) is 1.26. The molecule has 0 unspecified atom stereocenters. The molecule has 2 heterocycles. The molecule has 3 aliphatic carbocycles. The van der Waals surface area contributed by atoms with Crippen LogP contribution in [0, 0.1) is 29.1 Å². The molecular weight excluding hydrogens is 288 g/mol. The smallest absolute Gasteiger partial charge is 0.239 e. The van der Waals surface area contributed by atoms with Crippen molar-refractivity contribution in [2.45, 2.75) is 12.8 Å². The Morgan fingerprint density at radius 3 is 2.29 bits per heavy atom. The Morgan fingerprint density at radius 2 is 1.76 bits per heavy atom. The predicted octanol–water partition coefficient (Wildman–Crippen LogP) is 2.44. The third-order valence-electron chi connectivity index (χ3n) is 5.79. The minimum atomic E-state index is -0.184. The number of allylic oxidation sites excluding steroid dienone is 2. The molecule has 5 rings (SSSR count). The number of hydrogen-bond donors (Lipinski definition) is 0. The maximum absolute atomic E-state index is 12.8. The Bertz CT molecular complexity index is 691. The number of carbonyl (C=O) groups is 2. The monoisotopic (exact) mass is 300 g/mol. The molecule has 1 saturated heterocycles. The van der Waals surface area contributed by atoms with Gasteiger partial charge < -0.3 is 0 Å². The van der Waals surface area contributed by atoms with E-state index < -0.39 is 0 Å². The Kier molecular flexibility index (Phi) is 2.02. The fourth-order valence-electron chi connectivity index (χ4n) is 4.82. The second-order valence-electron chi connectivity index (χ2n) is 6.57. The number of carbonyl (C=O) groups excluding carboxylic acids is 2. The number of hydrogen-bond acceptors (Lipinski definition) is 3. The van der Waals surface area contributed by atoms with Crippen LogP contribution in [0.3, 0.4) is 0 Å². The van der Waals surface area contributed by atoms with Gasteiger partial charge >= 0.3 is 0 Å². The van der Waals surface area contributed by atoms with Crippen molar-refractivity contribution in [3.63, 3.8) is 0 Å². The highest BCUT2D eigenvalue weighted by atomic mass is 35.5. The average Bonchev–Trinajstić information content (AvgIpc) is 3.05. The summed E-state index contributed by atoms with van der Waals surface area (Å²) in [6.45, 7) is 0. The van der Waals surface area contributed by atoms with Crippen LogP contribution in [-0.2, 0) is 9.59 Å². The van der Waals surface area contributed by atoms with E-state index in [4.69, 9.17) is 11.6 Å². The maximum Gasteiger partial charge on any atom is 0.239 e. The van der Waals surface area contributed by atoms with Crippen LogP contribution in [0.15, 0.2) is 30.5 Å². The van der Waals surface area contributed by atoms with Gasteiger partial charge in [0.1, 0.15) is 5.82 Å². The van der Waals surface area contributed by atoms with Gasteiger partial charge in [0.25, 0.3) is 0 Å². The Balaban J connectivity index is 1.59. The van der Waals surface area contributed by atoms with Gasteiger partial charge in [-0.25, -0.2) is 9.88 Å². The van der Waals surface area contributed by atoms with Gasteiger partial charge in [0.05, 0.1) is 11.8 Å². The van der Waals surface area contributed by atoms with E-state index >= 15 is 0 Å². The van der Waals surface area contributed by atoms with Crippen molar-refractivity contribution >= 4 is 29.2 Å². The molecule has 4 aliphatic rings. The minimum Gasteiger partial charge on any atom is -0.274 e. The SMILES string of the molecule is O=C1[C@@H]2[C@H](C(=O)N1c1cc(Cl)ccn1)[C@H]1C=C[C@@H]2C12CC2. The van der Waals surface area contributed by atoms with Crippen LogP contribution in [0.4, 0.5) is 5.82 Å². The van der Waals surface area contributed by atoms with E-state index in [0.29, 0.717) is 10.8 Å². The summed E-state index contributed by atoms with van der Waals surface area (Å²) < 4.78 is 0. The van der Waals surface area contributed by atoms with Gasteiger partial charge in [-0.05, 0) is 36.2 Å². The number of imide groups is 1. The number of nitrogens with zero attached hydrogens (tertiary/aromatic N) is 2. The van der Waals surface area contributed by atoms with Gasteiger partial charge in [0, 0.05) is 17.3 Å². The summed E-state index contributed by atoms with van der Waals surface area (Å²) in [6, 6.07) is 3.22. The molecule has 3 fully saturated rings. The highest BCUT2D eigenvalue weighted by molar-refractivity contribution is 6.31. The van der Waals surface area contributed by atoms with Crippen molar-refractivity contribution in [3.8, 4) is 0 Å². The van der Waals surface area contributed by atoms with E-state index in [0.717, 1.165) is 12.8 Å². The molecule has 1 aliphatic heterocycles. The van der Waals surface area contributed by atoms with Crippen molar-refractivity contribution in [2.75, 3.05) is 4.90 Å². The first kappa shape index (κ1) is 11.9. The highest BCUT2D eigenvalue weighted by Crippen LogP contribution is 2.73. The van der Waals surface area contributed by atoms with Crippen LogP contribution in [0.2, 0.25) is 5.02 Å². The van der Waals surface area contributed by atoms with E-state index in [1.165, 1.54) is 11.1 Å². The molecule has 0 aromatic carbocycles. The van der Waals surface area contributed by atoms with Crippen LogP contribution in [0.1, 0.15) is 12.8 Å². The molecule has 4 nitrogen and oxygen atoms in total. The Labute approximate surface area is 126 Å². The minimum absolute atomic E-state index is 0.0945. The summed E-state index contributed by atoms with van der Waals surface area (Å²) in [6.07, 6.45) is 8.16. The van der Waals surface area contributed by atoms with Crippen molar-refractivity contribution < 1.29 is 9.59 Å². The predicted molar refractivity (Wildman–Crippen MR) is 76.5 cm³/mol. The van der Waals surface area contributed by atoms with Crippen LogP contribution in [-0.4, -0.2) is 16.8 Å². The summed E-state index contributed by atoms with van der Waals surface area (Å²) in [5.74, 6) is 0.287.